The van der Waals surface area contributed by atoms with Gasteiger partial charge in [-0.1, -0.05) is 23.7 Å². The minimum absolute atomic E-state index is 0.0809. The standard InChI is InChI=1S/C16H19ClN2O5/c1-16(15(23)24)7-11(14(22)18-8-12(20)21)13(19(16)2)9-3-5-10(17)6-4-9/h3-6,11,13H,7-8H2,1-2H3,(H,18,22)(H,20,21)(H,23,24)/t11-,13-,16-/m0/s1. The highest BCUT2D eigenvalue weighted by atomic mass is 35.5. The molecule has 24 heavy (non-hydrogen) atoms. The number of hydrogen-bond donors (Lipinski definition) is 3. The molecule has 2 rings (SSSR count). The van der Waals surface area contributed by atoms with Crippen LogP contribution in [0.2, 0.25) is 5.02 Å². The number of aliphatic carboxylic acids is 2. The summed E-state index contributed by atoms with van der Waals surface area (Å²) in [6, 6.07) is 6.35. The zero-order valence-electron chi connectivity index (χ0n) is 13.3. The Morgan fingerprint density at radius 3 is 2.38 bits per heavy atom. The Hall–Kier alpha value is -2.12. The molecule has 0 radical (unpaired) electrons. The minimum Gasteiger partial charge on any atom is -0.480 e. The molecule has 0 saturated carbocycles. The van der Waals surface area contributed by atoms with Crippen LogP contribution in [0.25, 0.3) is 0 Å². The molecule has 1 aliphatic rings. The molecule has 1 aliphatic heterocycles. The van der Waals surface area contributed by atoms with Crippen LogP contribution in [0.15, 0.2) is 24.3 Å². The van der Waals surface area contributed by atoms with Gasteiger partial charge in [0.25, 0.3) is 0 Å². The summed E-state index contributed by atoms with van der Waals surface area (Å²) >= 11 is 5.89. The average molecular weight is 355 g/mol. The Labute approximate surface area is 144 Å². The maximum Gasteiger partial charge on any atom is 0.323 e. The number of amides is 1. The second kappa shape index (κ2) is 6.78. The number of carbonyl (C=O) groups is 3. The lowest BCUT2D eigenvalue weighted by Gasteiger charge is -2.32. The highest BCUT2D eigenvalue weighted by molar-refractivity contribution is 6.30. The first-order chi connectivity index (χ1) is 11.2. The number of halogens is 1. The number of likely N-dealkylation sites (N-methyl/N-ethyl adjacent to an activating group) is 1. The molecule has 1 saturated heterocycles. The number of hydrogen-bond acceptors (Lipinski definition) is 4. The molecular formula is C16H19ClN2O5. The van der Waals surface area contributed by atoms with Crippen LogP contribution in [0.3, 0.4) is 0 Å². The van der Waals surface area contributed by atoms with Crippen LogP contribution in [0, 0.1) is 5.92 Å². The van der Waals surface area contributed by atoms with E-state index in [9.17, 15) is 19.5 Å². The SMILES string of the molecule is CN1[C@@H](c2ccc(Cl)cc2)[C@@H](C(=O)NCC(=O)O)C[C@@]1(C)C(=O)O. The van der Waals surface area contributed by atoms with Crippen LogP contribution in [0.4, 0.5) is 0 Å². The van der Waals surface area contributed by atoms with Gasteiger partial charge in [0.1, 0.15) is 12.1 Å². The van der Waals surface area contributed by atoms with Gasteiger partial charge in [-0.3, -0.25) is 19.3 Å². The monoisotopic (exact) mass is 354 g/mol. The van der Waals surface area contributed by atoms with Gasteiger partial charge in [0.15, 0.2) is 0 Å². The van der Waals surface area contributed by atoms with Crippen LogP contribution in [0.5, 0.6) is 0 Å². The van der Waals surface area contributed by atoms with Gasteiger partial charge in [-0.25, -0.2) is 0 Å². The molecular weight excluding hydrogens is 336 g/mol. The lowest BCUT2D eigenvalue weighted by Crippen LogP contribution is -2.46. The Balaban J connectivity index is 2.37. The first kappa shape index (κ1) is 18.2. The van der Waals surface area contributed by atoms with Crippen molar-refractivity contribution < 1.29 is 24.6 Å². The highest BCUT2D eigenvalue weighted by Gasteiger charge is 2.54. The van der Waals surface area contributed by atoms with E-state index in [1.54, 1.807) is 43.1 Å². The maximum absolute atomic E-state index is 12.4. The largest absolute Gasteiger partial charge is 0.480 e. The van der Waals surface area contributed by atoms with Crippen molar-refractivity contribution in [1.82, 2.24) is 10.2 Å². The number of nitrogens with one attached hydrogen (secondary N) is 1. The number of carbonyl (C=O) groups excluding carboxylic acids is 1. The summed E-state index contributed by atoms with van der Waals surface area (Å²) in [7, 11) is 1.65. The molecule has 1 fully saturated rings. The Morgan fingerprint density at radius 1 is 1.29 bits per heavy atom. The molecule has 1 aromatic rings. The second-order valence-corrected chi connectivity index (χ2v) is 6.54. The van der Waals surface area contributed by atoms with Crippen LogP contribution in [0.1, 0.15) is 24.9 Å². The number of rotatable bonds is 5. The van der Waals surface area contributed by atoms with Gasteiger partial charge in [-0.2, -0.15) is 0 Å². The van der Waals surface area contributed by atoms with Gasteiger partial charge in [0.05, 0.1) is 5.92 Å². The van der Waals surface area contributed by atoms with Crippen LogP contribution >= 0.6 is 11.6 Å². The Kier molecular flexibility index (Phi) is 5.15. The molecule has 3 N–H and O–H groups in total. The van der Waals surface area contributed by atoms with Gasteiger partial charge in [-0.15, -0.1) is 0 Å². The molecule has 8 heteroatoms. The molecule has 0 spiro atoms. The van der Waals surface area contributed by atoms with Crippen molar-refractivity contribution in [3.63, 3.8) is 0 Å². The highest BCUT2D eigenvalue weighted by Crippen LogP contribution is 2.46. The average Bonchev–Trinajstić information content (AvgIpc) is 2.79. The van der Waals surface area contributed by atoms with Gasteiger partial charge in [0, 0.05) is 11.1 Å². The molecule has 0 aromatic heterocycles. The summed E-state index contributed by atoms with van der Waals surface area (Å²) in [5, 5.41) is 21.2. The van der Waals surface area contributed by atoms with E-state index in [2.05, 4.69) is 5.32 Å². The van der Waals surface area contributed by atoms with Crippen LogP contribution in [-0.4, -0.2) is 52.1 Å². The topological polar surface area (TPSA) is 107 Å². The van der Waals surface area contributed by atoms with Gasteiger partial charge >= 0.3 is 11.9 Å². The number of likely N-dealkylation sites (tertiary alicyclic amines) is 1. The third-order valence-corrected chi connectivity index (χ3v) is 4.87. The van der Waals surface area contributed by atoms with E-state index in [4.69, 9.17) is 16.7 Å². The molecule has 1 amide bonds. The van der Waals surface area contributed by atoms with Crippen molar-refractivity contribution in [2.24, 2.45) is 5.92 Å². The van der Waals surface area contributed by atoms with Crippen molar-refractivity contribution in [2.75, 3.05) is 13.6 Å². The quantitative estimate of drug-likeness (QED) is 0.737. The Morgan fingerprint density at radius 2 is 1.88 bits per heavy atom. The van der Waals surface area contributed by atoms with E-state index in [0.717, 1.165) is 5.56 Å². The van der Waals surface area contributed by atoms with Crippen molar-refractivity contribution in [2.45, 2.75) is 24.9 Å². The van der Waals surface area contributed by atoms with Gasteiger partial charge < -0.3 is 15.5 Å². The fraction of sp³-hybridized carbons (Fsp3) is 0.438. The van der Waals surface area contributed by atoms with Gasteiger partial charge in [0.2, 0.25) is 5.91 Å². The van der Waals surface area contributed by atoms with Crippen LogP contribution in [-0.2, 0) is 14.4 Å². The van der Waals surface area contributed by atoms with E-state index in [0.29, 0.717) is 5.02 Å². The smallest absolute Gasteiger partial charge is 0.323 e. The molecule has 0 bridgehead atoms. The van der Waals surface area contributed by atoms with E-state index in [1.165, 1.54) is 0 Å². The van der Waals surface area contributed by atoms with Crippen LogP contribution < -0.4 is 5.32 Å². The maximum atomic E-state index is 12.4. The van der Waals surface area contributed by atoms with Crippen molar-refractivity contribution >= 4 is 29.4 Å². The number of nitrogens with zero attached hydrogens (tertiary/aromatic N) is 1. The first-order valence-electron chi connectivity index (χ1n) is 7.38. The summed E-state index contributed by atoms with van der Waals surface area (Å²) in [6.07, 6.45) is 0.0809. The fourth-order valence-corrected chi connectivity index (χ4v) is 3.27. The predicted octanol–water partition coefficient (Wildman–Crippen LogP) is 1.38. The molecule has 1 heterocycles. The molecule has 130 valence electrons. The lowest BCUT2D eigenvalue weighted by atomic mass is 9.89. The summed E-state index contributed by atoms with van der Waals surface area (Å²) < 4.78 is 0. The predicted molar refractivity (Wildman–Crippen MR) is 86.7 cm³/mol. The van der Waals surface area contributed by atoms with Gasteiger partial charge in [-0.05, 0) is 38.1 Å². The normalized spacial score (nSPS) is 27.0. The third kappa shape index (κ3) is 3.37. The zero-order valence-corrected chi connectivity index (χ0v) is 14.1. The number of benzene rings is 1. The molecule has 0 aliphatic carbocycles. The molecule has 1 aromatic carbocycles. The minimum atomic E-state index is -1.23. The second-order valence-electron chi connectivity index (χ2n) is 6.11. The van der Waals surface area contributed by atoms with Crippen molar-refractivity contribution in [3.05, 3.63) is 34.9 Å². The summed E-state index contributed by atoms with van der Waals surface area (Å²) in [4.78, 5) is 36.5. The molecule has 0 unspecified atom stereocenters. The zero-order chi connectivity index (χ0) is 18.1. The van der Waals surface area contributed by atoms with E-state index < -0.39 is 41.9 Å². The Bertz CT molecular complexity index is 663. The summed E-state index contributed by atoms with van der Waals surface area (Å²) in [5.74, 6) is -3.35. The van der Waals surface area contributed by atoms with Crippen molar-refractivity contribution in [1.29, 1.82) is 0 Å². The summed E-state index contributed by atoms with van der Waals surface area (Å²) in [5.41, 5.74) is -0.474. The van der Waals surface area contributed by atoms with E-state index in [-0.39, 0.29) is 6.42 Å². The van der Waals surface area contributed by atoms with Crippen molar-refractivity contribution in [3.8, 4) is 0 Å². The van der Waals surface area contributed by atoms with E-state index >= 15 is 0 Å². The number of carboxylic acid groups (broad SMARTS) is 2. The third-order valence-electron chi connectivity index (χ3n) is 4.62. The fourth-order valence-electron chi connectivity index (χ4n) is 3.14. The first-order valence-corrected chi connectivity index (χ1v) is 7.76. The molecule has 7 nitrogen and oxygen atoms in total. The summed E-state index contributed by atoms with van der Waals surface area (Å²) in [6.45, 7) is 1.05. The lowest BCUT2D eigenvalue weighted by molar-refractivity contribution is -0.148. The van der Waals surface area contributed by atoms with E-state index in [1.807, 2.05) is 0 Å². The number of carboxylic acids is 2. The molecule has 3 atom stereocenters.